The molecule has 1 fully saturated rings. The van der Waals surface area contributed by atoms with Crippen molar-refractivity contribution < 1.29 is 19.1 Å². The molecule has 0 aromatic heterocycles. The molecule has 1 aromatic carbocycles. The van der Waals surface area contributed by atoms with Gasteiger partial charge < -0.3 is 20.5 Å². The van der Waals surface area contributed by atoms with Crippen LogP contribution < -0.4 is 20.5 Å². The number of carbonyl (C=O) groups is 2. The Hall–Kier alpha value is -2.28. The van der Waals surface area contributed by atoms with Crippen molar-refractivity contribution in [3.8, 4) is 11.5 Å². The minimum Gasteiger partial charge on any atom is -0.454 e. The SMILES string of the molecule is C[C@@H](C(N)=O)N1CCC(C(=O)Nc2ccc3c(c2)OCO3)CC1. The quantitative estimate of drug-likeness (QED) is 0.861. The number of likely N-dealkylation sites (tertiary alicyclic amines) is 1. The van der Waals surface area contributed by atoms with E-state index in [1.54, 1.807) is 25.1 Å². The molecule has 0 spiro atoms. The molecular formula is C16H21N3O4. The van der Waals surface area contributed by atoms with E-state index in [1.165, 1.54) is 0 Å². The lowest BCUT2D eigenvalue weighted by Crippen LogP contribution is -2.47. The summed E-state index contributed by atoms with van der Waals surface area (Å²) in [5.74, 6) is 0.949. The van der Waals surface area contributed by atoms with Crippen LogP contribution in [0.4, 0.5) is 5.69 Å². The van der Waals surface area contributed by atoms with E-state index in [2.05, 4.69) is 5.32 Å². The molecule has 3 N–H and O–H groups in total. The molecule has 0 aliphatic carbocycles. The number of hydrogen-bond donors (Lipinski definition) is 2. The number of benzene rings is 1. The lowest BCUT2D eigenvalue weighted by atomic mass is 9.95. The fourth-order valence-corrected chi connectivity index (χ4v) is 2.95. The summed E-state index contributed by atoms with van der Waals surface area (Å²) in [6.07, 6.45) is 1.43. The molecule has 2 aliphatic heterocycles. The van der Waals surface area contributed by atoms with Gasteiger partial charge in [-0.2, -0.15) is 0 Å². The lowest BCUT2D eigenvalue weighted by Gasteiger charge is -2.34. The molecule has 7 nitrogen and oxygen atoms in total. The third kappa shape index (κ3) is 3.39. The summed E-state index contributed by atoms with van der Waals surface area (Å²) in [7, 11) is 0. The van der Waals surface area contributed by atoms with Gasteiger partial charge in [0.15, 0.2) is 11.5 Å². The number of piperidine rings is 1. The number of rotatable bonds is 4. The summed E-state index contributed by atoms with van der Waals surface area (Å²) in [6.45, 7) is 3.41. The molecule has 23 heavy (non-hydrogen) atoms. The number of nitrogens with two attached hydrogens (primary N) is 1. The van der Waals surface area contributed by atoms with Crippen LogP contribution in [0, 0.1) is 5.92 Å². The Morgan fingerprint density at radius 3 is 2.65 bits per heavy atom. The molecule has 0 radical (unpaired) electrons. The second-order valence-corrected chi connectivity index (χ2v) is 5.95. The van der Waals surface area contributed by atoms with Crippen LogP contribution in [-0.2, 0) is 9.59 Å². The molecule has 1 saturated heterocycles. The van der Waals surface area contributed by atoms with Crippen LogP contribution in [0.15, 0.2) is 18.2 Å². The number of nitrogens with one attached hydrogen (secondary N) is 1. The molecule has 3 rings (SSSR count). The summed E-state index contributed by atoms with van der Waals surface area (Å²) < 4.78 is 10.6. The third-order valence-corrected chi connectivity index (χ3v) is 4.50. The van der Waals surface area contributed by atoms with Gasteiger partial charge >= 0.3 is 0 Å². The first-order valence-electron chi connectivity index (χ1n) is 7.78. The van der Waals surface area contributed by atoms with E-state index in [0.29, 0.717) is 43.1 Å². The summed E-state index contributed by atoms with van der Waals surface area (Å²) in [5, 5.41) is 2.92. The first-order valence-corrected chi connectivity index (χ1v) is 7.78. The predicted molar refractivity (Wildman–Crippen MR) is 84.1 cm³/mol. The fraction of sp³-hybridized carbons (Fsp3) is 0.500. The minimum absolute atomic E-state index is 0.00440. The molecule has 0 saturated carbocycles. The second-order valence-electron chi connectivity index (χ2n) is 5.95. The first kappa shape index (κ1) is 15.6. The van der Waals surface area contributed by atoms with Crippen LogP contribution in [-0.4, -0.2) is 42.6 Å². The zero-order chi connectivity index (χ0) is 16.4. The van der Waals surface area contributed by atoms with Crippen molar-refractivity contribution >= 4 is 17.5 Å². The number of amides is 2. The lowest BCUT2D eigenvalue weighted by molar-refractivity contribution is -0.124. The van der Waals surface area contributed by atoms with Crippen LogP contribution in [0.1, 0.15) is 19.8 Å². The molecule has 2 heterocycles. The molecule has 0 bridgehead atoms. The number of fused-ring (bicyclic) bond motifs is 1. The fourth-order valence-electron chi connectivity index (χ4n) is 2.95. The Labute approximate surface area is 134 Å². The number of carbonyl (C=O) groups excluding carboxylic acids is 2. The van der Waals surface area contributed by atoms with E-state index in [4.69, 9.17) is 15.2 Å². The largest absolute Gasteiger partial charge is 0.454 e. The van der Waals surface area contributed by atoms with Crippen molar-refractivity contribution in [2.75, 3.05) is 25.2 Å². The van der Waals surface area contributed by atoms with Crippen LogP contribution in [0.25, 0.3) is 0 Å². The van der Waals surface area contributed by atoms with E-state index in [1.807, 2.05) is 4.90 Å². The standard InChI is InChI=1S/C16H21N3O4/c1-10(15(17)20)19-6-4-11(5-7-19)16(21)18-12-2-3-13-14(8-12)23-9-22-13/h2-3,8,10-11H,4-7,9H2,1H3,(H2,17,20)(H,18,21)/t10-/m0/s1. The van der Waals surface area contributed by atoms with Gasteiger partial charge in [0.05, 0.1) is 6.04 Å². The van der Waals surface area contributed by atoms with Crippen LogP contribution in [0.5, 0.6) is 11.5 Å². The second kappa shape index (κ2) is 6.45. The predicted octanol–water partition coefficient (Wildman–Crippen LogP) is 0.940. The zero-order valence-electron chi connectivity index (χ0n) is 13.1. The van der Waals surface area contributed by atoms with Crippen LogP contribution in [0.3, 0.4) is 0 Å². The molecule has 2 aliphatic rings. The molecule has 2 amide bonds. The zero-order valence-corrected chi connectivity index (χ0v) is 13.1. The average Bonchev–Trinajstić information content (AvgIpc) is 3.01. The minimum atomic E-state index is -0.326. The molecule has 1 aromatic rings. The number of anilines is 1. The van der Waals surface area contributed by atoms with Gasteiger partial charge in [0, 0.05) is 17.7 Å². The number of hydrogen-bond acceptors (Lipinski definition) is 5. The van der Waals surface area contributed by atoms with E-state index >= 15 is 0 Å². The molecule has 124 valence electrons. The van der Waals surface area contributed by atoms with Crippen molar-refractivity contribution in [3.05, 3.63) is 18.2 Å². The summed E-state index contributed by atoms with van der Waals surface area (Å²) in [4.78, 5) is 25.6. The van der Waals surface area contributed by atoms with Crippen molar-refractivity contribution in [2.45, 2.75) is 25.8 Å². The summed E-state index contributed by atoms with van der Waals surface area (Å²) in [6, 6.07) is 5.07. The maximum Gasteiger partial charge on any atom is 0.234 e. The van der Waals surface area contributed by atoms with Gasteiger partial charge in [0.2, 0.25) is 18.6 Å². The van der Waals surface area contributed by atoms with E-state index < -0.39 is 0 Å². The van der Waals surface area contributed by atoms with E-state index in [0.717, 1.165) is 0 Å². The highest BCUT2D eigenvalue weighted by Crippen LogP contribution is 2.34. The van der Waals surface area contributed by atoms with Crippen molar-refractivity contribution in [2.24, 2.45) is 11.7 Å². The highest BCUT2D eigenvalue weighted by Gasteiger charge is 2.29. The smallest absolute Gasteiger partial charge is 0.234 e. The van der Waals surface area contributed by atoms with Gasteiger partial charge in [-0.05, 0) is 45.0 Å². The van der Waals surface area contributed by atoms with E-state index in [-0.39, 0.29) is 30.6 Å². The monoisotopic (exact) mass is 319 g/mol. The van der Waals surface area contributed by atoms with Crippen LogP contribution >= 0.6 is 0 Å². The molecular weight excluding hydrogens is 298 g/mol. The average molecular weight is 319 g/mol. The van der Waals surface area contributed by atoms with Crippen LogP contribution in [0.2, 0.25) is 0 Å². The van der Waals surface area contributed by atoms with Gasteiger partial charge in [-0.3, -0.25) is 14.5 Å². The Balaban J connectivity index is 1.55. The van der Waals surface area contributed by atoms with Gasteiger partial charge in [-0.1, -0.05) is 0 Å². The topological polar surface area (TPSA) is 93.9 Å². The number of nitrogens with zero attached hydrogens (tertiary/aromatic N) is 1. The van der Waals surface area contributed by atoms with Gasteiger partial charge in [0.1, 0.15) is 0 Å². The third-order valence-electron chi connectivity index (χ3n) is 4.50. The Kier molecular flexibility index (Phi) is 4.38. The molecule has 1 atom stereocenters. The van der Waals surface area contributed by atoms with Gasteiger partial charge in [-0.25, -0.2) is 0 Å². The maximum atomic E-state index is 12.4. The summed E-state index contributed by atoms with van der Waals surface area (Å²) in [5.41, 5.74) is 6.03. The van der Waals surface area contributed by atoms with Crippen molar-refractivity contribution in [3.63, 3.8) is 0 Å². The first-order chi connectivity index (χ1) is 11.0. The van der Waals surface area contributed by atoms with Gasteiger partial charge in [-0.15, -0.1) is 0 Å². The Morgan fingerprint density at radius 2 is 1.96 bits per heavy atom. The maximum absolute atomic E-state index is 12.4. The normalized spacial score (nSPS) is 19.3. The Bertz CT molecular complexity index is 611. The molecule has 7 heteroatoms. The summed E-state index contributed by atoms with van der Waals surface area (Å²) >= 11 is 0. The molecule has 0 unspecified atom stereocenters. The van der Waals surface area contributed by atoms with Crippen molar-refractivity contribution in [1.82, 2.24) is 4.90 Å². The van der Waals surface area contributed by atoms with Gasteiger partial charge in [0.25, 0.3) is 0 Å². The van der Waals surface area contributed by atoms with E-state index in [9.17, 15) is 9.59 Å². The van der Waals surface area contributed by atoms with Crippen molar-refractivity contribution in [1.29, 1.82) is 0 Å². The number of primary amides is 1. The highest BCUT2D eigenvalue weighted by atomic mass is 16.7. The number of ether oxygens (including phenoxy) is 2. The highest BCUT2D eigenvalue weighted by molar-refractivity contribution is 5.93. The Morgan fingerprint density at radius 1 is 1.26 bits per heavy atom.